The van der Waals surface area contributed by atoms with Gasteiger partial charge in [-0.3, -0.25) is 0 Å². The van der Waals surface area contributed by atoms with E-state index in [2.05, 4.69) is 25.9 Å². The maximum atomic E-state index is 9.79. The van der Waals surface area contributed by atoms with Crippen molar-refractivity contribution >= 4 is 0 Å². The Kier molecular flexibility index (Phi) is 14.3. The van der Waals surface area contributed by atoms with Gasteiger partial charge in [-0.25, -0.2) is 0 Å². The Morgan fingerprint density at radius 1 is 0.737 bits per heavy atom. The van der Waals surface area contributed by atoms with E-state index >= 15 is 0 Å². The Bertz CT molecular complexity index is 171. The number of hydrogen-bond acceptors (Lipinski definition) is 2. The molecule has 0 radical (unpaired) electrons. The molecule has 0 amide bonds. The summed E-state index contributed by atoms with van der Waals surface area (Å²) >= 11 is 0. The fraction of sp³-hybridized carbons (Fsp3) is 1.00. The van der Waals surface area contributed by atoms with Crippen LogP contribution >= 0.6 is 0 Å². The third-order valence-electron chi connectivity index (χ3n) is 3.80. The first kappa shape index (κ1) is 18.9. The molecule has 0 rings (SSSR count). The lowest BCUT2D eigenvalue weighted by molar-refractivity contribution is 0.139. The van der Waals surface area contributed by atoms with Gasteiger partial charge in [0.2, 0.25) is 0 Å². The molecular formula is C17H37NO. The van der Waals surface area contributed by atoms with Crippen molar-refractivity contribution in [1.29, 1.82) is 0 Å². The molecule has 1 atom stereocenters. The molecule has 0 saturated heterocycles. The summed E-state index contributed by atoms with van der Waals surface area (Å²) in [6, 6.07) is 0. The molecule has 0 aromatic rings. The summed E-state index contributed by atoms with van der Waals surface area (Å²) < 4.78 is 0. The minimum absolute atomic E-state index is 0.0866. The normalized spacial score (nSPS) is 13.1. The largest absolute Gasteiger partial charge is 0.393 e. The van der Waals surface area contributed by atoms with Crippen molar-refractivity contribution < 1.29 is 5.11 Å². The molecule has 0 fully saturated rings. The summed E-state index contributed by atoms with van der Waals surface area (Å²) in [5.74, 6) is 0. The topological polar surface area (TPSA) is 23.5 Å². The average molecular weight is 271 g/mol. The zero-order valence-corrected chi connectivity index (χ0v) is 13.7. The van der Waals surface area contributed by atoms with Crippen LogP contribution in [-0.2, 0) is 0 Å². The van der Waals surface area contributed by atoms with Crippen LogP contribution in [0.5, 0.6) is 0 Å². The van der Waals surface area contributed by atoms with Crippen LogP contribution in [0.3, 0.4) is 0 Å². The molecule has 2 nitrogen and oxygen atoms in total. The highest BCUT2D eigenvalue weighted by Crippen LogP contribution is 2.12. The molecule has 0 saturated carbocycles. The monoisotopic (exact) mass is 271 g/mol. The number of aliphatic hydroxyl groups excluding tert-OH is 1. The molecule has 1 N–H and O–H groups in total. The Hall–Kier alpha value is -0.0800. The minimum Gasteiger partial charge on any atom is -0.393 e. The van der Waals surface area contributed by atoms with Crippen LogP contribution in [-0.4, -0.2) is 36.8 Å². The first-order chi connectivity index (χ1) is 9.16. The SMILES string of the molecule is CCCCCCCCCCCCC(O)CCN(C)C. The smallest absolute Gasteiger partial charge is 0.0552 e. The highest BCUT2D eigenvalue weighted by atomic mass is 16.3. The third-order valence-corrected chi connectivity index (χ3v) is 3.80. The van der Waals surface area contributed by atoms with Crippen molar-refractivity contribution in [3.63, 3.8) is 0 Å². The van der Waals surface area contributed by atoms with E-state index < -0.39 is 0 Å². The van der Waals surface area contributed by atoms with Crippen molar-refractivity contribution in [2.24, 2.45) is 0 Å². The molecule has 0 aromatic heterocycles. The molecule has 0 aliphatic rings. The molecule has 0 aliphatic carbocycles. The third kappa shape index (κ3) is 15.9. The predicted molar refractivity (Wildman–Crippen MR) is 85.6 cm³/mol. The molecule has 0 heterocycles. The van der Waals surface area contributed by atoms with Gasteiger partial charge >= 0.3 is 0 Å². The molecule has 116 valence electrons. The lowest BCUT2D eigenvalue weighted by atomic mass is 10.0. The number of hydrogen-bond donors (Lipinski definition) is 1. The van der Waals surface area contributed by atoms with Gasteiger partial charge in [0.25, 0.3) is 0 Å². The van der Waals surface area contributed by atoms with E-state index in [1.165, 1.54) is 64.2 Å². The zero-order chi connectivity index (χ0) is 14.3. The first-order valence-electron chi connectivity index (χ1n) is 8.49. The van der Waals surface area contributed by atoms with Crippen molar-refractivity contribution in [3.05, 3.63) is 0 Å². The Morgan fingerprint density at radius 2 is 1.21 bits per heavy atom. The van der Waals surface area contributed by atoms with E-state index in [9.17, 15) is 5.11 Å². The lowest BCUT2D eigenvalue weighted by Gasteiger charge is -2.14. The number of rotatable bonds is 14. The predicted octanol–water partition coefficient (Wildman–Crippen LogP) is 4.61. The molecule has 0 spiro atoms. The minimum atomic E-state index is -0.0866. The summed E-state index contributed by atoms with van der Waals surface area (Å²) in [5, 5.41) is 9.79. The van der Waals surface area contributed by atoms with E-state index in [1.807, 2.05) is 0 Å². The summed E-state index contributed by atoms with van der Waals surface area (Å²) in [5.41, 5.74) is 0. The van der Waals surface area contributed by atoms with Crippen LogP contribution in [0.25, 0.3) is 0 Å². The average Bonchev–Trinajstić information content (AvgIpc) is 2.38. The fourth-order valence-corrected chi connectivity index (χ4v) is 2.42. The summed E-state index contributed by atoms with van der Waals surface area (Å²) in [6.07, 6.45) is 15.5. The maximum Gasteiger partial charge on any atom is 0.0552 e. The van der Waals surface area contributed by atoms with Crippen LogP contribution < -0.4 is 0 Å². The second-order valence-electron chi connectivity index (χ2n) is 6.22. The van der Waals surface area contributed by atoms with Gasteiger partial charge < -0.3 is 10.0 Å². The van der Waals surface area contributed by atoms with E-state index in [0.29, 0.717) is 0 Å². The molecule has 2 heteroatoms. The highest BCUT2D eigenvalue weighted by molar-refractivity contribution is 4.58. The van der Waals surface area contributed by atoms with Crippen molar-refractivity contribution in [2.75, 3.05) is 20.6 Å². The van der Waals surface area contributed by atoms with Crippen molar-refractivity contribution in [3.8, 4) is 0 Å². The van der Waals surface area contributed by atoms with Gasteiger partial charge in [-0.05, 0) is 33.5 Å². The zero-order valence-electron chi connectivity index (χ0n) is 13.7. The van der Waals surface area contributed by atoms with Gasteiger partial charge in [-0.2, -0.15) is 0 Å². The second kappa shape index (κ2) is 14.3. The van der Waals surface area contributed by atoms with Crippen molar-refractivity contribution in [2.45, 2.75) is 90.1 Å². The van der Waals surface area contributed by atoms with E-state index in [1.54, 1.807) is 0 Å². The van der Waals surface area contributed by atoms with Crippen LogP contribution in [0.4, 0.5) is 0 Å². The molecule has 0 bridgehead atoms. The summed E-state index contributed by atoms with van der Waals surface area (Å²) in [7, 11) is 4.13. The Morgan fingerprint density at radius 3 is 1.68 bits per heavy atom. The van der Waals surface area contributed by atoms with Gasteiger partial charge in [0.1, 0.15) is 0 Å². The second-order valence-corrected chi connectivity index (χ2v) is 6.22. The van der Waals surface area contributed by atoms with Gasteiger partial charge in [-0.15, -0.1) is 0 Å². The molecule has 1 unspecified atom stereocenters. The van der Waals surface area contributed by atoms with Crippen LogP contribution in [0.15, 0.2) is 0 Å². The highest BCUT2D eigenvalue weighted by Gasteiger charge is 2.04. The maximum absolute atomic E-state index is 9.79. The van der Waals surface area contributed by atoms with E-state index in [-0.39, 0.29) is 6.10 Å². The lowest BCUT2D eigenvalue weighted by Crippen LogP contribution is -2.19. The summed E-state index contributed by atoms with van der Waals surface area (Å²) in [6.45, 7) is 3.27. The molecule has 0 aromatic carbocycles. The van der Waals surface area contributed by atoms with Gasteiger partial charge in [0.15, 0.2) is 0 Å². The number of aliphatic hydroxyl groups is 1. The van der Waals surface area contributed by atoms with Crippen LogP contribution in [0, 0.1) is 0 Å². The fourth-order valence-electron chi connectivity index (χ4n) is 2.42. The summed E-state index contributed by atoms with van der Waals surface area (Å²) in [4.78, 5) is 2.14. The first-order valence-corrected chi connectivity index (χ1v) is 8.49. The van der Waals surface area contributed by atoms with Gasteiger partial charge in [0.05, 0.1) is 6.10 Å². The van der Waals surface area contributed by atoms with E-state index in [0.717, 1.165) is 19.4 Å². The van der Waals surface area contributed by atoms with Gasteiger partial charge in [0, 0.05) is 0 Å². The quantitative estimate of drug-likeness (QED) is 0.466. The Labute approximate surface area is 121 Å². The standard InChI is InChI=1S/C17H37NO/c1-4-5-6-7-8-9-10-11-12-13-14-17(19)15-16-18(2)3/h17,19H,4-16H2,1-3H3. The van der Waals surface area contributed by atoms with Gasteiger partial charge in [-0.1, -0.05) is 71.1 Å². The number of nitrogens with zero attached hydrogens (tertiary/aromatic N) is 1. The van der Waals surface area contributed by atoms with Crippen LogP contribution in [0.1, 0.15) is 84.0 Å². The van der Waals surface area contributed by atoms with Crippen LogP contribution in [0.2, 0.25) is 0 Å². The molecular weight excluding hydrogens is 234 g/mol. The Balaban J connectivity index is 3.09. The number of unbranched alkanes of at least 4 members (excludes halogenated alkanes) is 9. The van der Waals surface area contributed by atoms with E-state index in [4.69, 9.17) is 0 Å². The molecule has 0 aliphatic heterocycles. The molecule has 19 heavy (non-hydrogen) atoms. The van der Waals surface area contributed by atoms with Crippen molar-refractivity contribution in [1.82, 2.24) is 4.90 Å².